The molecule has 2 unspecified atom stereocenters. The van der Waals surface area contributed by atoms with E-state index in [1.54, 1.807) is 7.11 Å². The molecule has 2 fully saturated rings. The second-order valence-corrected chi connectivity index (χ2v) is 17.2. The van der Waals surface area contributed by atoms with Gasteiger partial charge in [-0.25, -0.2) is 4.79 Å². The Hall–Kier alpha value is -4.65. The van der Waals surface area contributed by atoms with Crippen molar-refractivity contribution in [3.05, 3.63) is 82.6 Å². The van der Waals surface area contributed by atoms with Crippen LogP contribution in [0.1, 0.15) is 68.8 Å². The van der Waals surface area contributed by atoms with Crippen LogP contribution in [-0.2, 0) is 46.0 Å². The van der Waals surface area contributed by atoms with Crippen molar-refractivity contribution in [2.24, 2.45) is 11.3 Å². The van der Waals surface area contributed by atoms with Gasteiger partial charge in [-0.05, 0) is 61.4 Å². The van der Waals surface area contributed by atoms with Crippen LogP contribution in [0.2, 0.25) is 0 Å². The molecule has 3 aromatic rings. The Bertz CT molecular complexity index is 2250. The van der Waals surface area contributed by atoms with Crippen molar-refractivity contribution in [2.45, 2.75) is 87.6 Å². The van der Waals surface area contributed by atoms with Gasteiger partial charge in [0.2, 0.25) is 5.60 Å². The van der Waals surface area contributed by atoms with Crippen LogP contribution in [0.25, 0.3) is 10.9 Å². The number of methoxy groups -OCH3 is 3. The Kier molecular flexibility index (Phi) is 8.77. The normalized spacial score (nSPS) is 34.9. The first-order valence-corrected chi connectivity index (χ1v) is 20.3. The fourth-order valence-corrected chi connectivity index (χ4v) is 12.8. The van der Waals surface area contributed by atoms with Crippen molar-refractivity contribution in [3.8, 4) is 5.75 Å². The number of carbonyl (C=O) groups excluding carboxylic acids is 3. The van der Waals surface area contributed by atoms with Crippen LogP contribution >= 0.6 is 0 Å². The van der Waals surface area contributed by atoms with E-state index >= 15 is 4.79 Å². The summed E-state index contributed by atoms with van der Waals surface area (Å²) in [6, 6.07) is 11.2. The zero-order chi connectivity index (χ0) is 40.2. The molecule has 0 amide bonds. The highest BCUT2D eigenvalue weighted by atomic mass is 16.6. The molecule has 2 N–H and O–H groups in total. The minimum atomic E-state index is -2.27. The summed E-state index contributed by atoms with van der Waals surface area (Å²) in [6.07, 6.45) is 7.67. The molecule has 0 radical (unpaired) electrons. The molecule has 57 heavy (non-hydrogen) atoms. The van der Waals surface area contributed by atoms with E-state index in [1.807, 2.05) is 37.1 Å². The average molecular weight is 779 g/mol. The number of nitrogens with zero attached hydrogens (tertiary/aromatic N) is 3. The lowest BCUT2D eigenvalue weighted by molar-refractivity contribution is -0.228. The van der Waals surface area contributed by atoms with E-state index < -0.39 is 45.9 Å². The van der Waals surface area contributed by atoms with Gasteiger partial charge in [0.25, 0.3) is 0 Å². The molecule has 1 aliphatic carbocycles. The fraction of sp³-hybridized carbons (Fsp3) is 0.533. The third-order valence-corrected chi connectivity index (χ3v) is 14.8. The smallest absolute Gasteiger partial charge is 0.344 e. The maximum atomic E-state index is 15.2. The van der Waals surface area contributed by atoms with E-state index in [1.165, 1.54) is 26.7 Å². The number of benzene rings is 2. The van der Waals surface area contributed by atoms with Crippen LogP contribution in [0.5, 0.6) is 5.75 Å². The van der Waals surface area contributed by atoms with Crippen LogP contribution in [0.15, 0.2) is 60.2 Å². The second-order valence-electron chi connectivity index (χ2n) is 17.2. The minimum Gasteiger partial charge on any atom is -0.496 e. The number of ether oxygens (including phenoxy) is 4. The van der Waals surface area contributed by atoms with Gasteiger partial charge in [-0.15, -0.1) is 0 Å². The van der Waals surface area contributed by atoms with Gasteiger partial charge in [0.05, 0.1) is 27.4 Å². The Balaban J connectivity index is 1.37. The lowest BCUT2D eigenvalue weighted by Crippen LogP contribution is -2.81. The number of esters is 3. The summed E-state index contributed by atoms with van der Waals surface area (Å²) in [5, 5.41) is 14.4. The molecule has 302 valence electrons. The third-order valence-electron chi connectivity index (χ3n) is 14.8. The molecule has 9 atom stereocenters. The largest absolute Gasteiger partial charge is 0.496 e. The minimum absolute atomic E-state index is 0.0284. The van der Waals surface area contributed by atoms with E-state index in [0.717, 1.165) is 52.9 Å². The highest BCUT2D eigenvalue weighted by Crippen LogP contribution is 2.68. The molecule has 6 aliphatic rings. The molecule has 1 aromatic heterocycles. The van der Waals surface area contributed by atoms with E-state index in [-0.39, 0.29) is 17.9 Å². The molecule has 9 rings (SSSR count). The summed E-state index contributed by atoms with van der Waals surface area (Å²) in [5.74, 6) is -1.31. The first-order valence-electron chi connectivity index (χ1n) is 20.3. The highest BCUT2D eigenvalue weighted by Gasteiger charge is 2.80. The predicted molar refractivity (Wildman–Crippen MR) is 214 cm³/mol. The molecule has 6 heterocycles. The van der Waals surface area contributed by atoms with Gasteiger partial charge in [-0.2, -0.15) is 0 Å². The summed E-state index contributed by atoms with van der Waals surface area (Å²) < 4.78 is 23.9. The molecule has 1 saturated heterocycles. The van der Waals surface area contributed by atoms with Gasteiger partial charge in [0.1, 0.15) is 11.2 Å². The molecule has 12 heteroatoms. The predicted octanol–water partition coefficient (Wildman–Crippen LogP) is 4.75. The van der Waals surface area contributed by atoms with E-state index in [2.05, 4.69) is 58.1 Å². The number of hydrogen-bond acceptors (Lipinski definition) is 11. The summed E-state index contributed by atoms with van der Waals surface area (Å²) in [5.41, 5.74) is 1.05. The Morgan fingerprint density at radius 2 is 1.77 bits per heavy atom. The number of nitrogens with one attached hydrogen (secondary N) is 1. The average Bonchev–Trinajstić information content (AvgIpc) is 3.87. The van der Waals surface area contributed by atoms with Crippen LogP contribution < -0.4 is 9.64 Å². The topological polar surface area (TPSA) is 134 Å². The van der Waals surface area contributed by atoms with Crippen molar-refractivity contribution < 1.29 is 38.4 Å². The van der Waals surface area contributed by atoms with Gasteiger partial charge in [-0.3, -0.25) is 19.4 Å². The lowest BCUT2D eigenvalue weighted by atomic mass is 9.47. The quantitative estimate of drug-likeness (QED) is 0.196. The molecule has 2 aromatic carbocycles. The lowest BCUT2D eigenvalue weighted by Gasteiger charge is -2.63. The van der Waals surface area contributed by atoms with Crippen LogP contribution in [0.3, 0.4) is 0 Å². The summed E-state index contributed by atoms with van der Waals surface area (Å²) in [4.78, 5) is 53.1. The van der Waals surface area contributed by atoms with Crippen LogP contribution in [0.4, 0.5) is 5.69 Å². The summed E-state index contributed by atoms with van der Waals surface area (Å²) in [6.45, 7) is 9.19. The first kappa shape index (κ1) is 37.9. The van der Waals surface area contributed by atoms with E-state index in [4.69, 9.17) is 18.9 Å². The molecule has 1 spiro atoms. The molecule has 2 bridgehead atoms. The van der Waals surface area contributed by atoms with Crippen LogP contribution in [-0.4, -0.2) is 116 Å². The number of aromatic nitrogens is 1. The van der Waals surface area contributed by atoms with Gasteiger partial charge in [0, 0.05) is 90.9 Å². The van der Waals surface area contributed by atoms with E-state index in [0.29, 0.717) is 50.2 Å². The summed E-state index contributed by atoms with van der Waals surface area (Å²) >= 11 is 0. The Morgan fingerprint density at radius 3 is 2.47 bits per heavy atom. The number of aromatic amines is 1. The number of para-hydroxylation sites is 1. The highest BCUT2D eigenvalue weighted by molar-refractivity contribution is 5.95. The number of rotatable bonds is 7. The van der Waals surface area contributed by atoms with Crippen molar-refractivity contribution in [3.63, 3.8) is 0 Å². The van der Waals surface area contributed by atoms with Crippen molar-refractivity contribution in [2.75, 3.05) is 59.5 Å². The second kappa shape index (κ2) is 13.2. The molecular formula is C45H54N4O8. The monoisotopic (exact) mass is 778 g/mol. The van der Waals surface area contributed by atoms with E-state index in [9.17, 15) is 14.7 Å². The van der Waals surface area contributed by atoms with Crippen molar-refractivity contribution in [1.82, 2.24) is 14.8 Å². The van der Waals surface area contributed by atoms with Gasteiger partial charge < -0.3 is 33.9 Å². The number of anilines is 1. The van der Waals surface area contributed by atoms with Crippen LogP contribution in [0, 0.1) is 11.3 Å². The number of fused-ring (bicyclic) bond motifs is 6. The molecule has 12 nitrogen and oxygen atoms in total. The van der Waals surface area contributed by atoms with Gasteiger partial charge >= 0.3 is 17.9 Å². The maximum absolute atomic E-state index is 15.2. The van der Waals surface area contributed by atoms with Gasteiger partial charge in [0.15, 0.2) is 6.10 Å². The first-order chi connectivity index (χ1) is 27.4. The standard InChI is InChI=1S/C45H54N4O8/c1-8-27-19-28-22-44(40(51)55-6,36-30(25-48(23-27)24-28)29-13-10-11-14-33(29)46-36)32-20-31-34(21-35(32)54-5)47(4)38-43(31)16-18-49-17-12-15-42(9-2,37(43)49)39(57-26(3)50)45(38,53)41(52)56-7/h10-15,19-21,28,37-39,46,53H,8-9,16-18,22-25H2,1-7H3/t28-,37-,38+,39+,42+,43?,44-,45-/m0/s1. The SMILES string of the molecule is CCC1=C[C@@H]2CN(C1)Cc1c([nH]c3ccccc13)[C@@](C(=O)OC)(c1cc3c(cc1OC)N(C)[C@@H]1C34CCN3CC=C[C@](CC)([C@H]34)[C@@H](OC(C)=O)[C@]1(O)C(=O)OC)C2. The molecule has 5 aliphatic heterocycles. The Morgan fingerprint density at radius 1 is 1.00 bits per heavy atom. The molecular weight excluding hydrogens is 725 g/mol. The number of H-pyrrole nitrogens is 1. The zero-order valence-electron chi connectivity index (χ0n) is 34.0. The number of aliphatic hydroxyl groups is 1. The zero-order valence-corrected chi connectivity index (χ0v) is 34.0. The number of hydrogen-bond donors (Lipinski definition) is 2. The van der Waals surface area contributed by atoms with Crippen molar-refractivity contribution >= 4 is 34.5 Å². The number of carbonyl (C=O) groups is 3. The summed E-state index contributed by atoms with van der Waals surface area (Å²) in [7, 11) is 6.22. The van der Waals surface area contributed by atoms with Gasteiger partial charge in [-0.1, -0.05) is 55.8 Å². The fourth-order valence-electron chi connectivity index (χ4n) is 12.8. The number of likely N-dealkylation sites (N-methyl/N-ethyl adjacent to an activating group) is 1. The maximum Gasteiger partial charge on any atom is 0.344 e. The Labute approximate surface area is 333 Å². The molecule has 1 saturated carbocycles. The van der Waals surface area contributed by atoms with Crippen molar-refractivity contribution in [1.29, 1.82) is 0 Å². The third kappa shape index (κ3) is 4.80.